The van der Waals surface area contributed by atoms with Gasteiger partial charge in [-0.05, 0) is 29.3 Å². The van der Waals surface area contributed by atoms with Gasteiger partial charge in [0.15, 0.2) is 11.5 Å². The van der Waals surface area contributed by atoms with E-state index in [-0.39, 0.29) is 11.6 Å². The third kappa shape index (κ3) is 4.55. The van der Waals surface area contributed by atoms with E-state index < -0.39 is 0 Å². The van der Waals surface area contributed by atoms with E-state index in [1.54, 1.807) is 19.2 Å². The van der Waals surface area contributed by atoms with Crippen molar-refractivity contribution in [2.45, 2.75) is 12.6 Å². The lowest BCUT2D eigenvalue weighted by Crippen LogP contribution is -2.25. The number of ether oxygens (including phenoxy) is 2. The van der Waals surface area contributed by atoms with Gasteiger partial charge in [-0.15, -0.1) is 0 Å². The van der Waals surface area contributed by atoms with Crippen molar-refractivity contribution in [2.75, 3.05) is 14.2 Å². The van der Waals surface area contributed by atoms with Crippen LogP contribution < -0.4 is 20.3 Å². The molecule has 1 heterocycles. The lowest BCUT2D eigenvalue weighted by atomic mass is 9.99. The first-order valence-corrected chi connectivity index (χ1v) is 10.2. The van der Waals surface area contributed by atoms with Gasteiger partial charge in [0.1, 0.15) is 5.82 Å². The molecule has 1 atom stereocenters. The Morgan fingerprint density at radius 1 is 0.968 bits per heavy atom. The van der Waals surface area contributed by atoms with E-state index in [9.17, 15) is 4.79 Å². The molecule has 4 rings (SSSR count). The molecule has 0 bridgehead atoms. The number of hydrogen-bond donors (Lipinski definition) is 2. The molecule has 0 unspecified atom stereocenters. The highest BCUT2D eigenvalue weighted by Crippen LogP contribution is 2.30. The van der Waals surface area contributed by atoms with E-state index in [0.29, 0.717) is 39.8 Å². The van der Waals surface area contributed by atoms with E-state index in [0.717, 1.165) is 11.1 Å². The van der Waals surface area contributed by atoms with Gasteiger partial charge in [-0.25, -0.2) is 4.98 Å². The number of fused-ring (bicyclic) bond motifs is 1. The summed E-state index contributed by atoms with van der Waals surface area (Å²) in [5, 5.41) is 4.62. The standard InChI is InChI=1S/C24H22ClN3O3/c1-30-20-12-18-19(13-21(20)31-2)27-22(28-24(18)29)14-26-23(15-6-4-3-5-7-15)16-8-10-17(25)11-9-16/h3-13,23,26H,14H2,1-2H3,(H,27,28,29)/t23-/m0/s1. The van der Waals surface area contributed by atoms with Gasteiger partial charge >= 0.3 is 0 Å². The third-order valence-corrected chi connectivity index (χ3v) is 5.32. The minimum Gasteiger partial charge on any atom is -0.493 e. The molecule has 0 saturated carbocycles. The number of hydrogen-bond acceptors (Lipinski definition) is 5. The minimum atomic E-state index is -0.231. The van der Waals surface area contributed by atoms with Crippen molar-refractivity contribution in [3.05, 3.63) is 99.1 Å². The second-order valence-electron chi connectivity index (χ2n) is 7.01. The van der Waals surface area contributed by atoms with Gasteiger partial charge in [0.05, 0.1) is 37.7 Å². The van der Waals surface area contributed by atoms with Crippen LogP contribution >= 0.6 is 11.6 Å². The number of methoxy groups -OCH3 is 2. The fraction of sp³-hybridized carbons (Fsp3) is 0.167. The Morgan fingerprint density at radius 3 is 2.29 bits per heavy atom. The monoisotopic (exact) mass is 435 g/mol. The Kier molecular flexibility index (Phi) is 6.21. The van der Waals surface area contributed by atoms with Crippen molar-refractivity contribution in [1.29, 1.82) is 0 Å². The summed E-state index contributed by atoms with van der Waals surface area (Å²) < 4.78 is 10.6. The van der Waals surface area contributed by atoms with Crippen molar-refractivity contribution >= 4 is 22.5 Å². The Hall–Kier alpha value is -3.35. The van der Waals surface area contributed by atoms with Crippen LogP contribution in [0, 0.1) is 0 Å². The highest BCUT2D eigenvalue weighted by atomic mass is 35.5. The topological polar surface area (TPSA) is 76.2 Å². The number of nitrogens with one attached hydrogen (secondary N) is 2. The average Bonchev–Trinajstić information content (AvgIpc) is 2.80. The molecule has 158 valence electrons. The fourth-order valence-electron chi connectivity index (χ4n) is 3.53. The number of halogens is 1. The van der Waals surface area contributed by atoms with Crippen LogP contribution in [0.2, 0.25) is 5.02 Å². The van der Waals surface area contributed by atoms with Crippen LogP contribution in [0.15, 0.2) is 71.5 Å². The molecule has 3 aromatic carbocycles. The normalized spacial score (nSPS) is 12.0. The predicted molar refractivity (Wildman–Crippen MR) is 122 cm³/mol. The molecule has 7 heteroatoms. The number of benzene rings is 3. The summed E-state index contributed by atoms with van der Waals surface area (Å²) >= 11 is 6.07. The van der Waals surface area contributed by atoms with Crippen molar-refractivity contribution in [3.63, 3.8) is 0 Å². The van der Waals surface area contributed by atoms with Crippen LogP contribution in [-0.4, -0.2) is 24.2 Å². The van der Waals surface area contributed by atoms with Crippen molar-refractivity contribution in [2.24, 2.45) is 0 Å². The number of rotatable bonds is 7. The predicted octanol–water partition coefficient (Wildman–Crippen LogP) is 4.47. The summed E-state index contributed by atoms with van der Waals surface area (Å²) in [6, 6.07) is 21.0. The molecular formula is C24H22ClN3O3. The SMILES string of the molecule is COc1cc2nc(CN[C@@H](c3ccccc3)c3ccc(Cl)cc3)[nH]c(=O)c2cc1OC. The van der Waals surface area contributed by atoms with Gasteiger partial charge in [-0.1, -0.05) is 54.1 Å². The van der Waals surface area contributed by atoms with Gasteiger partial charge in [-0.3, -0.25) is 10.1 Å². The van der Waals surface area contributed by atoms with Gasteiger partial charge in [-0.2, -0.15) is 0 Å². The van der Waals surface area contributed by atoms with Crippen molar-refractivity contribution in [3.8, 4) is 11.5 Å². The van der Waals surface area contributed by atoms with Crippen LogP contribution in [0.25, 0.3) is 10.9 Å². The van der Waals surface area contributed by atoms with Gasteiger partial charge < -0.3 is 14.5 Å². The van der Waals surface area contributed by atoms with E-state index in [1.807, 2.05) is 42.5 Å². The first-order chi connectivity index (χ1) is 15.1. The largest absolute Gasteiger partial charge is 0.493 e. The summed E-state index contributed by atoms with van der Waals surface area (Å²) in [6.45, 7) is 0.363. The number of aromatic amines is 1. The molecule has 0 aliphatic carbocycles. The first-order valence-electron chi connectivity index (χ1n) is 9.77. The molecule has 0 spiro atoms. The first kappa shape index (κ1) is 20.9. The zero-order chi connectivity index (χ0) is 21.8. The molecule has 0 radical (unpaired) electrons. The molecule has 0 fully saturated rings. The number of aromatic nitrogens is 2. The van der Waals surface area contributed by atoms with E-state index >= 15 is 0 Å². The van der Waals surface area contributed by atoms with Crippen LogP contribution in [0.4, 0.5) is 0 Å². The second-order valence-corrected chi connectivity index (χ2v) is 7.45. The van der Waals surface area contributed by atoms with Crippen LogP contribution in [0.1, 0.15) is 23.0 Å². The molecule has 0 aliphatic rings. The number of nitrogens with zero attached hydrogens (tertiary/aromatic N) is 1. The molecule has 0 saturated heterocycles. The fourth-order valence-corrected chi connectivity index (χ4v) is 3.65. The molecule has 4 aromatic rings. The summed E-state index contributed by atoms with van der Waals surface area (Å²) in [7, 11) is 3.08. The Morgan fingerprint density at radius 2 is 1.61 bits per heavy atom. The van der Waals surface area contributed by atoms with E-state index in [2.05, 4.69) is 27.4 Å². The smallest absolute Gasteiger partial charge is 0.258 e. The molecule has 2 N–H and O–H groups in total. The highest BCUT2D eigenvalue weighted by molar-refractivity contribution is 6.30. The summed E-state index contributed by atoms with van der Waals surface area (Å²) in [6.07, 6.45) is 0. The lowest BCUT2D eigenvalue weighted by Gasteiger charge is -2.20. The van der Waals surface area contributed by atoms with E-state index in [1.165, 1.54) is 7.11 Å². The average molecular weight is 436 g/mol. The maximum Gasteiger partial charge on any atom is 0.258 e. The molecule has 31 heavy (non-hydrogen) atoms. The van der Waals surface area contributed by atoms with Crippen LogP contribution in [0.3, 0.4) is 0 Å². The molecule has 6 nitrogen and oxygen atoms in total. The summed E-state index contributed by atoms with van der Waals surface area (Å²) in [5.41, 5.74) is 2.47. The zero-order valence-electron chi connectivity index (χ0n) is 17.2. The molecular weight excluding hydrogens is 414 g/mol. The summed E-state index contributed by atoms with van der Waals surface area (Å²) in [5.74, 6) is 1.54. The highest BCUT2D eigenvalue weighted by Gasteiger charge is 2.15. The minimum absolute atomic E-state index is 0.0927. The van der Waals surface area contributed by atoms with E-state index in [4.69, 9.17) is 21.1 Å². The quantitative estimate of drug-likeness (QED) is 0.448. The Balaban J connectivity index is 1.66. The molecule has 0 aliphatic heterocycles. The third-order valence-electron chi connectivity index (χ3n) is 5.07. The maximum absolute atomic E-state index is 12.7. The van der Waals surface area contributed by atoms with Crippen molar-refractivity contribution in [1.82, 2.24) is 15.3 Å². The molecule has 0 amide bonds. The maximum atomic E-state index is 12.7. The zero-order valence-corrected chi connectivity index (χ0v) is 17.9. The summed E-state index contributed by atoms with van der Waals surface area (Å²) in [4.78, 5) is 20.1. The van der Waals surface area contributed by atoms with Crippen LogP contribution in [0.5, 0.6) is 11.5 Å². The Labute approximate surface area is 184 Å². The Bertz CT molecular complexity index is 1240. The lowest BCUT2D eigenvalue weighted by molar-refractivity contribution is 0.355. The molecule has 1 aromatic heterocycles. The number of H-pyrrole nitrogens is 1. The van der Waals surface area contributed by atoms with Crippen LogP contribution in [-0.2, 0) is 6.54 Å². The van der Waals surface area contributed by atoms with Crippen molar-refractivity contribution < 1.29 is 9.47 Å². The van der Waals surface area contributed by atoms with Gasteiger partial charge in [0, 0.05) is 11.1 Å². The van der Waals surface area contributed by atoms with Gasteiger partial charge in [0.25, 0.3) is 5.56 Å². The van der Waals surface area contributed by atoms with Gasteiger partial charge in [0.2, 0.25) is 0 Å². The second kappa shape index (κ2) is 9.20.